The van der Waals surface area contributed by atoms with Gasteiger partial charge in [-0.15, -0.1) is 0 Å². The van der Waals surface area contributed by atoms with Crippen molar-refractivity contribution < 1.29 is 18.7 Å². The van der Waals surface area contributed by atoms with Crippen molar-refractivity contribution in [2.24, 2.45) is 0 Å². The number of rotatable bonds is 5. The molecule has 10 heteroatoms. The first-order chi connectivity index (χ1) is 14.1. The largest absolute Gasteiger partial charge is 0.419 e. The minimum atomic E-state index is -0.739. The zero-order valence-corrected chi connectivity index (χ0v) is 14.9. The normalized spacial score (nSPS) is 10.7. The van der Waals surface area contributed by atoms with E-state index >= 15 is 0 Å². The summed E-state index contributed by atoms with van der Waals surface area (Å²) in [4.78, 5) is 38.1. The Bertz CT molecular complexity index is 1150. The Morgan fingerprint density at radius 1 is 1.07 bits per heavy atom. The Morgan fingerprint density at radius 2 is 1.90 bits per heavy atom. The lowest BCUT2D eigenvalue weighted by Gasteiger charge is -2.04. The van der Waals surface area contributed by atoms with Gasteiger partial charge >= 0.3 is 6.09 Å². The number of amides is 2. The molecule has 9 nitrogen and oxygen atoms in total. The first-order valence-corrected chi connectivity index (χ1v) is 8.58. The average molecular weight is 394 g/mol. The Balaban J connectivity index is 1.46. The van der Waals surface area contributed by atoms with Crippen LogP contribution < -0.4 is 15.4 Å². The number of benzene rings is 2. The van der Waals surface area contributed by atoms with Crippen molar-refractivity contribution in [3.63, 3.8) is 0 Å². The summed E-state index contributed by atoms with van der Waals surface area (Å²) < 4.78 is 18.2. The molecule has 0 aliphatic rings. The number of nitrogens with one attached hydrogen (secondary N) is 4. The molecule has 2 amide bonds. The Hall–Kier alpha value is -4.21. The molecular weight excluding hydrogens is 379 g/mol. The van der Waals surface area contributed by atoms with E-state index in [1.165, 1.54) is 30.5 Å². The number of ether oxygens (including phenoxy) is 1. The number of carbonyl (C=O) groups excluding carboxylic acids is 2. The molecule has 2 aromatic heterocycles. The minimum absolute atomic E-state index is 0.0617. The van der Waals surface area contributed by atoms with Crippen molar-refractivity contribution in [2.75, 3.05) is 10.6 Å². The van der Waals surface area contributed by atoms with E-state index in [1.54, 1.807) is 24.4 Å². The predicted molar refractivity (Wildman–Crippen MR) is 103 cm³/mol. The SMILES string of the molecule is O=C(Cc1ccc(F)cc1)Nc1nc2c(OC(=O)Nc3ncc[nH]3)cccc2[nH]1. The summed E-state index contributed by atoms with van der Waals surface area (Å²) in [6.45, 7) is 0. The highest BCUT2D eigenvalue weighted by molar-refractivity contribution is 5.94. The number of hydrogen-bond acceptors (Lipinski definition) is 5. The van der Waals surface area contributed by atoms with Crippen LogP contribution in [0, 0.1) is 5.82 Å². The lowest BCUT2D eigenvalue weighted by Crippen LogP contribution is -2.17. The van der Waals surface area contributed by atoms with Crippen molar-refractivity contribution in [3.05, 3.63) is 66.2 Å². The summed E-state index contributed by atoms with van der Waals surface area (Å²) in [6.07, 6.45) is 2.37. The van der Waals surface area contributed by atoms with Gasteiger partial charge in [0.2, 0.25) is 17.8 Å². The number of aromatic amines is 2. The summed E-state index contributed by atoms with van der Waals surface area (Å²) in [6, 6.07) is 10.7. The summed E-state index contributed by atoms with van der Waals surface area (Å²) >= 11 is 0. The third-order valence-electron chi connectivity index (χ3n) is 3.93. The van der Waals surface area contributed by atoms with Gasteiger partial charge in [0.25, 0.3) is 0 Å². The number of hydrogen-bond donors (Lipinski definition) is 4. The molecule has 4 N–H and O–H groups in total. The molecule has 0 saturated carbocycles. The van der Waals surface area contributed by atoms with Gasteiger partial charge in [0.15, 0.2) is 5.75 Å². The topological polar surface area (TPSA) is 125 Å². The molecule has 2 heterocycles. The minimum Gasteiger partial charge on any atom is -0.408 e. The maximum Gasteiger partial charge on any atom is 0.419 e. The molecule has 0 aliphatic carbocycles. The van der Waals surface area contributed by atoms with Gasteiger partial charge in [0, 0.05) is 12.4 Å². The Labute approximate surface area is 163 Å². The van der Waals surface area contributed by atoms with Crippen LogP contribution in [0.15, 0.2) is 54.9 Å². The van der Waals surface area contributed by atoms with Crippen molar-refractivity contribution in [2.45, 2.75) is 6.42 Å². The standard InChI is InChI=1S/C19H15FN6O3/c20-12-6-4-11(5-7-12)10-15(27)24-18-23-13-2-1-3-14(16(13)25-18)29-19(28)26-17-21-8-9-22-17/h1-9H,10H2,(H2,21,22,26,28)(H2,23,24,25,27). The second kappa shape index (κ2) is 7.80. The molecule has 4 aromatic rings. The lowest BCUT2D eigenvalue weighted by atomic mass is 10.1. The van der Waals surface area contributed by atoms with Gasteiger partial charge in [0.05, 0.1) is 11.9 Å². The van der Waals surface area contributed by atoms with E-state index in [-0.39, 0.29) is 35.8 Å². The van der Waals surface area contributed by atoms with Gasteiger partial charge in [-0.25, -0.2) is 19.2 Å². The van der Waals surface area contributed by atoms with Gasteiger partial charge in [-0.3, -0.25) is 15.4 Å². The van der Waals surface area contributed by atoms with Crippen LogP contribution in [0.4, 0.5) is 21.1 Å². The number of nitrogens with zero attached hydrogens (tertiary/aromatic N) is 2. The molecule has 0 aliphatic heterocycles. The molecule has 0 fully saturated rings. The Kier molecular flexibility index (Phi) is 4.89. The third-order valence-corrected chi connectivity index (χ3v) is 3.93. The maximum absolute atomic E-state index is 13.0. The van der Waals surface area contributed by atoms with Crippen LogP contribution in [-0.2, 0) is 11.2 Å². The molecule has 0 bridgehead atoms. The van der Waals surface area contributed by atoms with E-state index < -0.39 is 6.09 Å². The van der Waals surface area contributed by atoms with Gasteiger partial charge in [-0.2, -0.15) is 0 Å². The number of fused-ring (bicyclic) bond motifs is 1. The number of para-hydroxylation sites is 1. The van der Waals surface area contributed by atoms with Crippen LogP contribution in [0.1, 0.15) is 5.56 Å². The molecule has 2 aromatic carbocycles. The number of anilines is 2. The number of H-pyrrole nitrogens is 2. The number of carbonyl (C=O) groups is 2. The highest BCUT2D eigenvalue weighted by Crippen LogP contribution is 2.25. The van der Waals surface area contributed by atoms with E-state index in [9.17, 15) is 14.0 Å². The maximum atomic E-state index is 13.0. The van der Waals surface area contributed by atoms with E-state index in [0.29, 0.717) is 16.6 Å². The molecule has 0 saturated heterocycles. The van der Waals surface area contributed by atoms with E-state index in [0.717, 1.165) is 0 Å². The first kappa shape index (κ1) is 18.2. The van der Waals surface area contributed by atoms with E-state index in [2.05, 4.69) is 30.6 Å². The molecule has 4 rings (SSSR count). The molecular formula is C19H15FN6O3. The van der Waals surface area contributed by atoms with Crippen molar-refractivity contribution in [1.29, 1.82) is 0 Å². The average Bonchev–Trinajstić information content (AvgIpc) is 3.33. The van der Waals surface area contributed by atoms with Crippen LogP contribution in [0.5, 0.6) is 5.75 Å². The predicted octanol–water partition coefficient (Wildman–Crippen LogP) is 3.22. The molecule has 146 valence electrons. The summed E-state index contributed by atoms with van der Waals surface area (Å²) in [5.74, 6) is -0.0295. The molecule has 29 heavy (non-hydrogen) atoms. The van der Waals surface area contributed by atoms with Crippen LogP contribution in [-0.4, -0.2) is 31.9 Å². The smallest absolute Gasteiger partial charge is 0.408 e. The van der Waals surface area contributed by atoms with Gasteiger partial charge in [-0.1, -0.05) is 18.2 Å². The monoisotopic (exact) mass is 394 g/mol. The zero-order chi connectivity index (χ0) is 20.2. The van der Waals surface area contributed by atoms with Crippen molar-refractivity contribution >= 4 is 34.9 Å². The van der Waals surface area contributed by atoms with Crippen LogP contribution in [0.3, 0.4) is 0 Å². The fourth-order valence-electron chi connectivity index (χ4n) is 2.67. The molecule has 0 radical (unpaired) electrons. The van der Waals surface area contributed by atoms with Crippen molar-refractivity contribution in [3.8, 4) is 5.75 Å². The summed E-state index contributed by atoms with van der Waals surface area (Å²) in [7, 11) is 0. The quantitative estimate of drug-likeness (QED) is 0.414. The zero-order valence-electron chi connectivity index (χ0n) is 14.9. The van der Waals surface area contributed by atoms with E-state index in [1.807, 2.05) is 0 Å². The van der Waals surface area contributed by atoms with Crippen LogP contribution in [0.25, 0.3) is 11.0 Å². The Morgan fingerprint density at radius 3 is 2.66 bits per heavy atom. The van der Waals surface area contributed by atoms with Crippen LogP contribution in [0.2, 0.25) is 0 Å². The summed E-state index contributed by atoms with van der Waals surface area (Å²) in [5.41, 5.74) is 1.61. The van der Waals surface area contributed by atoms with Crippen LogP contribution >= 0.6 is 0 Å². The number of imidazole rings is 2. The summed E-state index contributed by atoms with van der Waals surface area (Å²) in [5, 5.41) is 5.08. The fourth-order valence-corrected chi connectivity index (χ4v) is 2.67. The second-order valence-electron chi connectivity index (χ2n) is 6.04. The number of halogens is 1. The fraction of sp³-hybridized carbons (Fsp3) is 0.0526. The molecule has 0 spiro atoms. The van der Waals surface area contributed by atoms with Crippen molar-refractivity contribution in [1.82, 2.24) is 19.9 Å². The highest BCUT2D eigenvalue weighted by atomic mass is 19.1. The lowest BCUT2D eigenvalue weighted by molar-refractivity contribution is -0.115. The second-order valence-corrected chi connectivity index (χ2v) is 6.04. The molecule has 0 atom stereocenters. The highest BCUT2D eigenvalue weighted by Gasteiger charge is 2.14. The van der Waals surface area contributed by atoms with Gasteiger partial charge in [-0.05, 0) is 29.8 Å². The molecule has 0 unspecified atom stereocenters. The van der Waals surface area contributed by atoms with Gasteiger partial charge < -0.3 is 14.7 Å². The van der Waals surface area contributed by atoms with E-state index in [4.69, 9.17) is 4.74 Å². The van der Waals surface area contributed by atoms with Gasteiger partial charge in [0.1, 0.15) is 11.3 Å². The number of aromatic nitrogens is 4. The third kappa shape index (κ3) is 4.38. The first-order valence-electron chi connectivity index (χ1n) is 8.58.